The molecule has 2 unspecified atom stereocenters. The molecule has 1 aliphatic rings. The van der Waals surface area contributed by atoms with Crippen LogP contribution >= 0.6 is 0 Å². The minimum atomic E-state index is -1.45. The van der Waals surface area contributed by atoms with Crippen LogP contribution in [0.1, 0.15) is 40.0 Å². The molecule has 6 nitrogen and oxygen atoms in total. The van der Waals surface area contributed by atoms with Gasteiger partial charge in [-0.15, -0.1) is 0 Å². The van der Waals surface area contributed by atoms with E-state index in [1.54, 1.807) is 0 Å². The van der Waals surface area contributed by atoms with Gasteiger partial charge in [0.15, 0.2) is 0 Å². The van der Waals surface area contributed by atoms with E-state index in [0.717, 1.165) is 0 Å². The summed E-state index contributed by atoms with van der Waals surface area (Å²) >= 11 is 0. The Morgan fingerprint density at radius 3 is 1.33 bits per heavy atom. The predicted octanol–water partition coefficient (Wildman–Crippen LogP) is 0.108. The van der Waals surface area contributed by atoms with E-state index in [1.165, 1.54) is 20.8 Å². The molecule has 1 rings (SSSR count). The Bertz CT molecular complexity index is 343. The monoisotopic (exact) mass is 257 g/mol. The van der Waals surface area contributed by atoms with Crippen molar-refractivity contribution in [2.75, 3.05) is 0 Å². The SMILES string of the molecule is CC1(C(=O)[O-])CC(C)(C(=O)O)CC(C)(C(=O)O)C1. The van der Waals surface area contributed by atoms with Crippen molar-refractivity contribution in [3.05, 3.63) is 0 Å². The predicted molar refractivity (Wildman–Crippen MR) is 58.5 cm³/mol. The Balaban J connectivity index is 3.28. The molecule has 0 amide bonds. The lowest BCUT2D eigenvalue weighted by Crippen LogP contribution is -2.55. The van der Waals surface area contributed by atoms with E-state index >= 15 is 0 Å². The molecule has 2 atom stereocenters. The summed E-state index contributed by atoms with van der Waals surface area (Å²) in [5, 5.41) is 29.6. The highest BCUT2D eigenvalue weighted by atomic mass is 16.4. The minimum absolute atomic E-state index is 0.0897. The standard InChI is InChI=1S/C12H18O6/c1-10(7(13)14)4-11(2,8(15)16)6-12(3,5-10)9(17)18/h4-6H2,1-3H3,(H,13,14)(H,15,16)(H,17,18)/p-1. The Hall–Kier alpha value is -1.59. The van der Waals surface area contributed by atoms with Crippen molar-refractivity contribution in [1.29, 1.82) is 0 Å². The number of carboxylic acid groups (broad SMARTS) is 3. The topological polar surface area (TPSA) is 115 Å². The first kappa shape index (κ1) is 14.5. The van der Waals surface area contributed by atoms with Crippen LogP contribution in [0.3, 0.4) is 0 Å². The lowest BCUT2D eigenvalue weighted by molar-refractivity contribution is -0.322. The smallest absolute Gasteiger partial charge is 0.309 e. The van der Waals surface area contributed by atoms with Gasteiger partial charge in [0.25, 0.3) is 0 Å². The maximum absolute atomic E-state index is 11.3. The highest BCUT2D eigenvalue weighted by molar-refractivity contribution is 5.83. The first-order chi connectivity index (χ1) is 7.95. The Morgan fingerprint density at radius 2 is 1.11 bits per heavy atom. The molecule has 0 aliphatic heterocycles. The molecule has 0 aromatic carbocycles. The zero-order valence-corrected chi connectivity index (χ0v) is 10.6. The second-order valence-electron chi connectivity index (χ2n) is 6.11. The summed E-state index contributed by atoms with van der Waals surface area (Å²) in [6, 6.07) is 0. The molecule has 102 valence electrons. The second-order valence-corrected chi connectivity index (χ2v) is 6.11. The van der Waals surface area contributed by atoms with Crippen LogP contribution in [0.4, 0.5) is 0 Å². The third kappa shape index (κ3) is 2.19. The average Bonchev–Trinajstić information content (AvgIpc) is 2.14. The molecule has 6 heteroatoms. The number of rotatable bonds is 3. The number of carbonyl (C=O) groups excluding carboxylic acids is 1. The van der Waals surface area contributed by atoms with E-state index in [-0.39, 0.29) is 19.3 Å². The van der Waals surface area contributed by atoms with Gasteiger partial charge >= 0.3 is 11.9 Å². The summed E-state index contributed by atoms with van der Waals surface area (Å²) in [6.45, 7) is 4.12. The molecule has 1 fully saturated rings. The van der Waals surface area contributed by atoms with Gasteiger partial charge in [-0.1, -0.05) is 6.92 Å². The molecule has 0 bridgehead atoms. The van der Waals surface area contributed by atoms with Crippen molar-refractivity contribution in [2.45, 2.75) is 40.0 Å². The highest BCUT2D eigenvalue weighted by Crippen LogP contribution is 2.54. The summed E-state index contributed by atoms with van der Waals surface area (Å²) in [5.41, 5.74) is -4.20. The molecule has 0 radical (unpaired) electrons. The fourth-order valence-electron chi connectivity index (χ4n) is 3.22. The maximum atomic E-state index is 11.3. The number of aliphatic carboxylic acids is 3. The Kier molecular flexibility index (Phi) is 3.19. The zero-order valence-electron chi connectivity index (χ0n) is 10.6. The molecule has 0 aromatic rings. The molecule has 18 heavy (non-hydrogen) atoms. The Labute approximate surface area is 105 Å². The summed E-state index contributed by atoms with van der Waals surface area (Å²) in [6.07, 6.45) is -0.339. The van der Waals surface area contributed by atoms with Crippen LogP contribution in [0.25, 0.3) is 0 Å². The third-order valence-electron chi connectivity index (χ3n) is 3.87. The second kappa shape index (κ2) is 3.96. The van der Waals surface area contributed by atoms with Gasteiger partial charge in [-0.25, -0.2) is 0 Å². The largest absolute Gasteiger partial charge is 0.550 e. The van der Waals surface area contributed by atoms with E-state index in [4.69, 9.17) is 0 Å². The van der Waals surface area contributed by atoms with Crippen molar-refractivity contribution in [2.24, 2.45) is 16.2 Å². The van der Waals surface area contributed by atoms with Gasteiger partial charge in [-0.2, -0.15) is 0 Å². The van der Waals surface area contributed by atoms with Crippen LogP contribution in [-0.2, 0) is 14.4 Å². The normalized spacial score (nSPS) is 40.2. The van der Waals surface area contributed by atoms with Crippen molar-refractivity contribution < 1.29 is 29.7 Å². The minimum Gasteiger partial charge on any atom is -0.550 e. The first-order valence-corrected chi connectivity index (χ1v) is 5.64. The molecular formula is C12H17O6-. The fraction of sp³-hybridized carbons (Fsp3) is 0.750. The molecule has 0 saturated heterocycles. The van der Waals surface area contributed by atoms with Gasteiger partial charge in [0.2, 0.25) is 0 Å². The number of carbonyl (C=O) groups is 3. The summed E-state index contributed by atoms with van der Waals surface area (Å²) < 4.78 is 0. The number of hydrogen-bond acceptors (Lipinski definition) is 4. The van der Waals surface area contributed by atoms with E-state index in [2.05, 4.69) is 0 Å². The molecular weight excluding hydrogens is 240 g/mol. The van der Waals surface area contributed by atoms with Crippen LogP contribution in [0.5, 0.6) is 0 Å². The number of carboxylic acids is 3. The van der Waals surface area contributed by atoms with Crippen LogP contribution in [-0.4, -0.2) is 28.1 Å². The van der Waals surface area contributed by atoms with Gasteiger partial charge in [0, 0.05) is 11.4 Å². The Morgan fingerprint density at radius 1 is 0.833 bits per heavy atom. The zero-order chi connectivity index (χ0) is 14.4. The average molecular weight is 257 g/mol. The van der Waals surface area contributed by atoms with Crippen molar-refractivity contribution in [3.8, 4) is 0 Å². The van der Waals surface area contributed by atoms with Crippen LogP contribution in [0.15, 0.2) is 0 Å². The summed E-state index contributed by atoms with van der Waals surface area (Å²) in [4.78, 5) is 33.8. The van der Waals surface area contributed by atoms with Gasteiger partial charge in [0.1, 0.15) is 0 Å². The van der Waals surface area contributed by atoms with Crippen molar-refractivity contribution in [3.63, 3.8) is 0 Å². The molecule has 0 aromatic heterocycles. The van der Waals surface area contributed by atoms with Gasteiger partial charge in [-0.05, 0) is 33.1 Å². The maximum Gasteiger partial charge on any atom is 0.309 e. The highest BCUT2D eigenvalue weighted by Gasteiger charge is 2.55. The molecule has 2 N–H and O–H groups in total. The summed E-state index contributed by atoms with van der Waals surface area (Å²) in [7, 11) is 0. The van der Waals surface area contributed by atoms with Crippen LogP contribution in [0, 0.1) is 16.2 Å². The van der Waals surface area contributed by atoms with E-state index in [9.17, 15) is 29.7 Å². The number of hydrogen-bond donors (Lipinski definition) is 2. The lowest BCUT2D eigenvalue weighted by Gasteiger charge is -2.49. The molecule has 0 heterocycles. The quantitative estimate of drug-likeness (QED) is 0.741. The molecule has 1 aliphatic carbocycles. The fourth-order valence-corrected chi connectivity index (χ4v) is 3.22. The lowest BCUT2D eigenvalue weighted by atomic mass is 9.54. The van der Waals surface area contributed by atoms with Gasteiger partial charge < -0.3 is 20.1 Å². The third-order valence-corrected chi connectivity index (χ3v) is 3.87. The summed E-state index contributed by atoms with van der Waals surface area (Å²) in [5.74, 6) is -3.76. The van der Waals surface area contributed by atoms with Crippen molar-refractivity contribution in [1.82, 2.24) is 0 Å². The van der Waals surface area contributed by atoms with Gasteiger partial charge in [0.05, 0.1) is 10.8 Å². The van der Waals surface area contributed by atoms with E-state index in [1.807, 2.05) is 0 Å². The van der Waals surface area contributed by atoms with Crippen LogP contribution < -0.4 is 5.11 Å². The first-order valence-electron chi connectivity index (χ1n) is 5.64. The van der Waals surface area contributed by atoms with E-state index < -0.39 is 34.2 Å². The van der Waals surface area contributed by atoms with Crippen molar-refractivity contribution >= 4 is 17.9 Å². The molecule has 1 saturated carbocycles. The molecule has 0 spiro atoms. The van der Waals surface area contributed by atoms with Gasteiger partial charge in [-0.3, -0.25) is 9.59 Å². The van der Waals surface area contributed by atoms with Crippen LogP contribution in [0.2, 0.25) is 0 Å². The van der Waals surface area contributed by atoms with E-state index in [0.29, 0.717) is 0 Å².